The van der Waals surface area contributed by atoms with Gasteiger partial charge in [-0.05, 0) is 24.0 Å². The summed E-state index contributed by atoms with van der Waals surface area (Å²) < 4.78 is 13.5. The molecule has 5 heteroatoms. The molecule has 1 aromatic carbocycles. The van der Waals surface area contributed by atoms with Crippen molar-refractivity contribution in [3.63, 3.8) is 0 Å². The molecule has 4 nitrogen and oxygen atoms in total. The molecule has 1 aromatic rings. The number of anilines is 1. The third-order valence-corrected chi connectivity index (χ3v) is 3.38. The van der Waals surface area contributed by atoms with Crippen LogP contribution in [0.2, 0.25) is 0 Å². The molecular formula is C15H23FN2O2. The van der Waals surface area contributed by atoms with Crippen LogP contribution in [0.15, 0.2) is 18.2 Å². The van der Waals surface area contributed by atoms with Gasteiger partial charge in [0, 0.05) is 6.54 Å². The van der Waals surface area contributed by atoms with Gasteiger partial charge in [-0.25, -0.2) is 0 Å². The van der Waals surface area contributed by atoms with Crippen molar-refractivity contribution in [2.75, 3.05) is 11.9 Å². The lowest BCUT2D eigenvalue weighted by atomic mass is 9.87. The van der Waals surface area contributed by atoms with Gasteiger partial charge in [-0.15, -0.1) is 0 Å². The van der Waals surface area contributed by atoms with Gasteiger partial charge in [-0.3, -0.25) is 10.1 Å². The van der Waals surface area contributed by atoms with Crippen molar-refractivity contribution >= 4 is 11.4 Å². The van der Waals surface area contributed by atoms with E-state index in [9.17, 15) is 14.5 Å². The minimum Gasteiger partial charge on any atom is -0.379 e. The Balaban J connectivity index is 2.70. The van der Waals surface area contributed by atoms with Crippen LogP contribution in [0.25, 0.3) is 0 Å². The first-order valence-corrected chi connectivity index (χ1v) is 7.04. The summed E-state index contributed by atoms with van der Waals surface area (Å²) in [5, 5.41) is 13.9. The number of nitrogens with one attached hydrogen (secondary N) is 1. The Bertz CT molecular complexity index is 461. The van der Waals surface area contributed by atoms with Gasteiger partial charge in [0.1, 0.15) is 5.69 Å². The third kappa shape index (κ3) is 4.79. The Labute approximate surface area is 119 Å². The van der Waals surface area contributed by atoms with Crippen molar-refractivity contribution in [1.29, 1.82) is 0 Å². The number of nitro groups is 1. The summed E-state index contributed by atoms with van der Waals surface area (Å²) in [5.41, 5.74) is -0.203. The molecule has 1 N–H and O–H groups in total. The summed E-state index contributed by atoms with van der Waals surface area (Å²) in [4.78, 5) is 10.2. The molecule has 0 saturated heterocycles. The molecule has 0 heterocycles. The maximum absolute atomic E-state index is 13.5. The Morgan fingerprint density at radius 3 is 2.65 bits per heavy atom. The smallest absolute Gasteiger partial charge is 0.327 e. The lowest BCUT2D eigenvalue weighted by molar-refractivity contribution is -0.386. The molecule has 1 rings (SSSR count). The number of nitrogens with zero attached hydrogens (tertiary/aromatic N) is 1. The zero-order chi connectivity index (χ0) is 15.2. The molecule has 0 fully saturated rings. The van der Waals surface area contributed by atoms with Crippen LogP contribution in [0.5, 0.6) is 0 Å². The standard InChI is InChI=1S/C15H23FN2O2/c1-4-5-6-10-15(2,3)11-17-13-9-7-8-12(16)14(13)18(19)20/h7-9,17H,4-6,10-11H2,1-3H3. The molecule has 0 aliphatic heterocycles. The quantitative estimate of drug-likeness (QED) is 0.425. The molecule has 0 aliphatic carbocycles. The number of rotatable bonds is 8. The highest BCUT2D eigenvalue weighted by atomic mass is 19.1. The van der Waals surface area contributed by atoms with Crippen LogP contribution in [-0.2, 0) is 0 Å². The summed E-state index contributed by atoms with van der Waals surface area (Å²) in [6.07, 6.45) is 4.52. The van der Waals surface area contributed by atoms with E-state index in [4.69, 9.17) is 0 Å². The van der Waals surface area contributed by atoms with Crippen LogP contribution >= 0.6 is 0 Å². The molecular weight excluding hydrogens is 259 g/mol. The van der Waals surface area contributed by atoms with Gasteiger partial charge < -0.3 is 5.32 Å². The van der Waals surface area contributed by atoms with Gasteiger partial charge in [-0.2, -0.15) is 4.39 Å². The molecule has 0 bridgehead atoms. The first kappa shape index (κ1) is 16.4. The van der Waals surface area contributed by atoms with E-state index in [0.717, 1.165) is 18.9 Å². The molecule has 0 unspecified atom stereocenters. The first-order chi connectivity index (χ1) is 9.37. The van der Waals surface area contributed by atoms with Gasteiger partial charge in [0.25, 0.3) is 0 Å². The van der Waals surface area contributed by atoms with Crippen molar-refractivity contribution in [3.8, 4) is 0 Å². The summed E-state index contributed by atoms with van der Waals surface area (Å²) in [6.45, 7) is 6.96. The van der Waals surface area contributed by atoms with Crippen molar-refractivity contribution in [2.24, 2.45) is 5.41 Å². The SMILES string of the molecule is CCCCCC(C)(C)CNc1cccc(F)c1[N+](=O)[O-]. The predicted octanol–water partition coefficient (Wildman–Crippen LogP) is 4.75. The zero-order valence-corrected chi connectivity index (χ0v) is 12.4. The van der Waals surface area contributed by atoms with Gasteiger partial charge in [0.2, 0.25) is 5.82 Å². The van der Waals surface area contributed by atoms with Crippen LogP contribution in [-0.4, -0.2) is 11.5 Å². The second-order valence-electron chi connectivity index (χ2n) is 5.87. The van der Waals surface area contributed by atoms with Crippen molar-refractivity contribution in [1.82, 2.24) is 0 Å². The predicted molar refractivity (Wildman–Crippen MR) is 79.5 cm³/mol. The van der Waals surface area contributed by atoms with E-state index in [1.807, 2.05) is 0 Å². The zero-order valence-electron chi connectivity index (χ0n) is 12.4. The maximum Gasteiger partial charge on any atom is 0.327 e. The summed E-state index contributed by atoms with van der Waals surface area (Å²) in [5.74, 6) is -0.802. The topological polar surface area (TPSA) is 55.2 Å². The number of hydrogen-bond donors (Lipinski definition) is 1. The lowest BCUT2D eigenvalue weighted by Crippen LogP contribution is -2.23. The average Bonchev–Trinajstić information content (AvgIpc) is 2.36. The monoisotopic (exact) mass is 282 g/mol. The lowest BCUT2D eigenvalue weighted by Gasteiger charge is -2.25. The average molecular weight is 282 g/mol. The molecule has 0 aliphatic rings. The molecule has 0 aromatic heterocycles. The minimum absolute atomic E-state index is 0.0232. The van der Waals surface area contributed by atoms with Gasteiger partial charge >= 0.3 is 5.69 Å². The molecule has 0 amide bonds. The number of unbranched alkanes of at least 4 members (excludes halogenated alkanes) is 2. The molecule has 0 atom stereocenters. The first-order valence-electron chi connectivity index (χ1n) is 7.04. The van der Waals surface area contributed by atoms with E-state index in [1.165, 1.54) is 18.9 Å². The van der Waals surface area contributed by atoms with E-state index in [1.54, 1.807) is 6.07 Å². The molecule has 20 heavy (non-hydrogen) atoms. The summed E-state index contributed by atoms with van der Waals surface area (Å²) in [6, 6.07) is 4.13. The third-order valence-electron chi connectivity index (χ3n) is 3.38. The fourth-order valence-corrected chi connectivity index (χ4v) is 2.12. The second kappa shape index (κ2) is 7.22. The van der Waals surface area contributed by atoms with Crippen LogP contribution in [0, 0.1) is 21.3 Å². The minimum atomic E-state index is -0.802. The van der Waals surface area contributed by atoms with E-state index in [-0.39, 0.29) is 11.1 Å². The highest BCUT2D eigenvalue weighted by Crippen LogP contribution is 2.30. The number of halogens is 1. The van der Waals surface area contributed by atoms with Crippen LogP contribution in [0.3, 0.4) is 0 Å². The number of benzene rings is 1. The largest absolute Gasteiger partial charge is 0.379 e. The fourth-order valence-electron chi connectivity index (χ4n) is 2.12. The van der Waals surface area contributed by atoms with Crippen LogP contribution < -0.4 is 5.32 Å². The maximum atomic E-state index is 13.5. The van der Waals surface area contributed by atoms with Crippen molar-refractivity contribution in [2.45, 2.75) is 46.5 Å². The number of para-hydroxylation sites is 1. The molecule has 0 saturated carbocycles. The molecule has 0 spiro atoms. The van der Waals surface area contributed by atoms with Crippen LogP contribution in [0.4, 0.5) is 15.8 Å². The fraction of sp³-hybridized carbons (Fsp3) is 0.600. The summed E-state index contributed by atoms with van der Waals surface area (Å²) in [7, 11) is 0. The highest BCUT2D eigenvalue weighted by Gasteiger charge is 2.22. The van der Waals surface area contributed by atoms with Gasteiger partial charge in [0.05, 0.1) is 4.92 Å². The van der Waals surface area contributed by atoms with E-state index in [2.05, 4.69) is 26.1 Å². The molecule has 0 radical (unpaired) electrons. The number of nitro benzene ring substituents is 1. The highest BCUT2D eigenvalue weighted by molar-refractivity contribution is 5.62. The Morgan fingerprint density at radius 1 is 1.35 bits per heavy atom. The molecule has 112 valence electrons. The van der Waals surface area contributed by atoms with Gasteiger partial charge in [0.15, 0.2) is 0 Å². The van der Waals surface area contributed by atoms with Crippen molar-refractivity contribution < 1.29 is 9.31 Å². The van der Waals surface area contributed by atoms with E-state index in [0.29, 0.717) is 6.54 Å². The Hall–Kier alpha value is -1.65. The van der Waals surface area contributed by atoms with E-state index >= 15 is 0 Å². The van der Waals surface area contributed by atoms with Crippen LogP contribution in [0.1, 0.15) is 46.5 Å². The van der Waals surface area contributed by atoms with Gasteiger partial charge in [-0.1, -0.05) is 46.1 Å². The second-order valence-corrected chi connectivity index (χ2v) is 5.87. The Kier molecular flexibility index (Phi) is 5.92. The van der Waals surface area contributed by atoms with Crippen molar-refractivity contribution in [3.05, 3.63) is 34.1 Å². The Morgan fingerprint density at radius 2 is 2.05 bits per heavy atom. The summed E-state index contributed by atoms with van der Waals surface area (Å²) >= 11 is 0. The number of hydrogen-bond acceptors (Lipinski definition) is 3. The normalized spacial score (nSPS) is 11.4. The van der Waals surface area contributed by atoms with E-state index < -0.39 is 16.4 Å².